The molecule has 0 spiro atoms. The number of hydrogen-bond donors (Lipinski definition) is 4. The van der Waals surface area contributed by atoms with Crippen molar-refractivity contribution in [3.05, 3.63) is 0 Å². The SMILES string of the molecule is C1CCC1.CCOCC.OCCO.OCCO. The predicted molar refractivity (Wildman–Crippen MR) is 69.0 cm³/mol. The van der Waals surface area contributed by atoms with Gasteiger partial charge in [0.2, 0.25) is 0 Å². The molecule has 0 radical (unpaired) electrons. The summed E-state index contributed by atoms with van der Waals surface area (Å²) < 4.78 is 4.83. The van der Waals surface area contributed by atoms with E-state index in [0.29, 0.717) is 0 Å². The normalized spacial score (nSPS) is 11.6. The first-order chi connectivity index (χ1) is 8.24. The van der Waals surface area contributed by atoms with E-state index in [2.05, 4.69) is 0 Å². The van der Waals surface area contributed by atoms with Crippen LogP contribution in [0.25, 0.3) is 0 Å². The van der Waals surface area contributed by atoms with Gasteiger partial charge in [-0.25, -0.2) is 0 Å². The minimum Gasteiger partial charge on any atom is -0.394 e. The van der Waals surface area contributed by atoms with Gasteiger partial charge in [0.05, 0.1) is 26.4 Å². The highest BCUT2D eigenvalue weighted by molar-refractivity contribution is 4.50. The fraction of sp³-hybridized carbons (Fsp3) is 1.00. The zero-order chi connectivity index (χ0) is 13.8. The maximum atomic E-state index is 7.62. The van der Waals surface area contributed by atoms with Crippen molar-refractivity contribution in [3.63, 3.8) is 0 Å². The molecule has 4 N–H and O–H groups in total. The van der Waals surface area contributed by atoms with Crippen molar-refractivity contribution in [2.75, 3.05) is 39.6 Å². The first kappa shape index (κ1) is 22.0. The fourth-order valence-electron chi connectivity index (χ4n) is 0.454. The number of ether oxygens (including phenoxy) is 1. The summed E-state index contributed by atoms with van der Waals surface area (Å²) in [6, 6.07) is 0. The van der Waals surface area contributed by atoms with Crippen LogP contribution < -0.4 is 0 Å². The van der Waals surface area contributed by atoms with Gasteiger partial charge in [-0.15, -0.1) is 0 Å². The molecule has 0 amide bonds. The van der Waals surface area contributed by atoms with Crippen LogP contribution in [0.2, 0.25) is 0 Å². The Morgan fingerprint density at radius 1 is 0.647 bits per heavy atom. The van der Waals surface area contributed by atoms with E-state index < -0.39 is 0 Å². The van der Waals surface area contributed by atoms with Crippen molar-refractivity contribution in [2.45, 2.75) is 39.5 Å². The highest BCUT2D eigenvalue weighted by Crippen LogP contribution is 2.15. The van der Waals surface area contributed by atoms with E-state index in [9.17, 15) is 0 Å². The molecular formula is C12H30O5. The lowest BCUT2D eigenvalue weighted by atomic mass is 10.0. The van der Waals surface area contributed by atoms with Crippen LogP contribution in [0, 0.1) is 0 Å². The number of hydrogen-bond acceptors (Lipinski definition) is 5. The average molecular weight is 254 g/mol. The van der Waals surface area contributed by atoms with Crippen molar-refractivity contribution in [1.82, 2.24) is 0 Å². The average Bonchev–Trinajstić information content (AvgIpc) is 2.29. The Morgan fingerprint density at radius 3 is 0.882 bits per heavy atom. The van der Waals surface area contributed by atoms with Gasteiger partial charge >= 0.3 is 0 Å². The summed E-state index contributed by atoms with van der Waals surface area (Å²) in [6.45, 7) is 5.17. The minimum atomic E-state index is -0.125. The zero-order valence-electron chi connectivity index (χ0n) is 11.3. The third kappa shape index (κ3) is 49.5. The van der Waals surface area contributed by atoms with E-state index in [-0.39, 0.29) is 26.4 Å². The van der Waals surface area contributed by atoms with Crippen LogP contribution in [0.3, 0.4) is 0 Å². The maximum absolute atomic E-state index is 7.62. The van der Waals surface area contributed by atoms with E-state index >= 15 is 0 Å². The Bertz CT molecular complexity index is 73.0. The molecule has 0 heterocycles. The predicted octanol–water partition coefficient (Wildman–Crippen LogP) is 0.545. The molecular weight excluding hydrogens is 224 g/mol. The standard InChI is InChI=1S/C4H10O.C4H8.2C2H6O2/c1-3-5-4-2;1-2-4-3-1;2*3-1-2-4/h3-4H2,1-2H3;1-4H2;2*3-4H,1-2H2. The van der Waals surface area contributed by atoms with Crippen LogP contribution in [0.1, 0.15) is 39.5 Å². The van der Waals surface area contributed by atoms with Gasteiger partial charge in [0.25, 0.3) is 0 Å². The molecule has 1 aliphatic carbocycles. The number of rotatable bonds is 4. The number of aliphatic hydroxyl groups is 4. The second kappa shape index (κ2) is 29.7. The van der Waals surface area contributed by atoms with Gasteiger partial charge in [-0.3, -0.25) is 0 Å². The second-order valence-electron chi connectivity index (χ2n) is 3.09. The van der Waals surface area contributed by atoms with Crippen LogP contribution in [0.15, 0.2) is 0 Å². The Morgan fingerprint density at radius 2 is 0.882 bits per heavy atom. The third-order valence-electron chi connectivity index (χ3n) is 1.61. The molecule has 0 aromatic rings. The fourth-order valence-corrected chi connectivity index (χ4v) is 0.454. The van der Waals surface area contributed by atoms with Crippen molar-refractivity contribution < 1.29 is 25.2 Å². The highest BCUT2D eigenvalue weighted by Gasteiger charge is 1.95. The molecule has 1 rings (SSSR count). The molecule has 0 saturated heterocycles. The molecule has 0 aliphatic heterocycles. The lowest BCUT2D eigenvalue weighted by Crippen LogP contribution is -1.85. The Hall–Kier alpha value is -0.200. The molecule has 1 saturated carbocycles. The molecule has 17 heavy (non-hydrogen) atoms. The van der Waals surface area contributed by atoms with Gasteiger partial charge in [-0.1, -0.05) is 25.7 Å². The molecule has 0 atom stereocenters. The van der Waals surface area contributed by atoms with Crippen molar-refractivity contribution in [3.8, 4) is 0 Å². The molecule has 0 aromatic carbocycles. The quantitative estimate of drug-likeness (QED) is 0.588. The molecule has 0 unspecified atom stereocenters. The van der Waals surface area contributed by atoms with E-state index in [4.69, 9.17) is 25.2 Å². The lowest BCUT2D eigenvalue weighted by Gasteiger charge is -2.05. The Kier molecular flexibility index (Phi) is 38.4. The first-order valence-corrected chi connectivity index (χ1v) is 6.26. The lowest BCUT2D eigenvalue weighted by molar-refractivity contribution is 0.162. The first-order valence-electron chi connectivity index (χ1n) is 6.26. The Labute approximate surface area is 105 Å². The van der Waals surface area contributed by atoms with Gasteiger partial charge in [-0.05, 0) is 13.8 Å². The van der Waals surface area contributed by atoms with Crippen LogP contribution in [0.4, 0.5) is 0 Å². The molecule has 5 heteroatoms. The van der Waals surface area contributed by atoms with E-state index in [1.54, 1.807) is 0 Å². The van der Waals surface area contributed by atoms with Gasteiger partial charge in [-0.2, -0.15) is 0 Å². The Balaban J connectivity index is -0.000000154. The summed E-state index contributed by atoms with van der Waals surface area (Å²) in [5, 5.41) is 30.5. The summed E-state index contributed by atoms with van der Waals surface area (Å²) in [5.41, 5.74) is 0. The van der Waals surface area contributed by atoms with Crippen molar-refractivity contribution in [2.24, 2.45) is 0 Å². The molecule has 5 nitrogen and oxygen atoms in total. The zero-order valence-corrected chi connectivity index (χ0v) is 11.3. The largest absolute Gasteiger partial charge is 0.394 e. The van der Waals surface area contributed by atoms with Gasteiger partial charge in [0, 0.05) is 13.2 Å². The molecule has 108 valence electrons. The minimum absolute atomic E-state index is 0.125. The van der Waals surface area contributed by atoms with Crippen molar-refractivity contribution >= 4 is 0 Å². The van der Waals surface area contributed by atoms with Crippen LogP contribution in [-0.4, -0.2) is 60.1 Å². The van der Waals surface area contributed by atoms with Gasteiger partial charge in [0.1, 0.15) is 0 Å². The van der Waals surface area contributed by atoms with Gasteiger partial charge in [0.15, 0.2) is 0 Å². The van der Waals surface area contributed by atoms with Crippen LogP contribution in [0.5, 0.6) is 0 Å². The smallest absolute Gasteiger partial charge is 0.0662 e. The summed E-state index contributed by atoms with van der Waals surface area (Å²) in [6.07, 6.45) is 6.00. The molecule has 0 aromatic heterocycles. The van der Waals surface area contributed by atoms with Crippen LogP contribution >= 0.6 is 0 Å². The highest BCUT2D eigenvalue weighted by atomic mass is 16.5. The van der Waals surface area contributed by atoms with E-state index in [1.807, 2.05) is 13.8 Å². The summed E-state index contributed by atoms with van der Waals surface area (Å²) >= 11 is 0. The van der Waals surface area contributed by atoms with Crippen molar-refractivity contribution in [1.29, 1.82) is 0 Å². The molecule has 1 aliphatic rings. The topological polar surface area (TPSA) is 90.2 Å². The van der Waals surface area contributed by atoms with E-state index in [0.717, 1.165) is 13.2 Å². The maximum Gasteiger partial charge on any atom is 0.0662 e. The van der Waals surface area contributed by atoms with Crippen LogP contribution in [-0.2, 0) is 4.74 Å². The van der Waals surface area contributed by atoms with E-state index in [1.165, 1.54) is 25.7 Å². The molecule has 1 fully saturated rings. The summed E-state index contributed by atoms with van der Waals surface area (Å²) in [7, 11) is 0. The summed E-state index contributed by atoms with van der Waals surface area (Å²) in [4.78, 5) is 0. The summed E-state index contributed by atoms with van der Waals surface area (Å²) in [5.74, 6) is 0. The number of aliphatic hydroxyl groups excluding tert-OH is 4. The third-order valence-corrected chi connectivity index (χ3v) is 1.61. The molecule has 0 bridgehead atoms. The second-order valence-corrected chi connectivity index (χ2v) is 3.09. The van der Waals surface area contributed by atoms with Gasteiger partial charge < -0.3 is 25.2 Å². The monoisotopic (exact) mass is 254 g/mol.